The highest BCUT2D eigenvalue weighted by Crippen LogP contribution is 2.32. The summed E-state index contributed by atoms with van der Waals surface area (Å²) in [6, 6.07) is 20.5. The molecule has 0 radical (unpaired) electrons. The second kappa shape index (κ2) is 6.96. The number of nitrogens with zero attached hydrogens (tertiary/aromatic N) is 2. The minimum atomic E-state index is -4.41. The number of anilines is 2. The third-order valence-electron chi connectivity index (χ3n) is 4.34. The lowest BCUT2D eigenvalue weighted by molar-refractivity contribution is -0.137. The van der Waals surface area contributed by atoms with Crippen molar-refractivity contribution in [3.05, 3.63) is 83.9 Å². The van der Waals surface area contributed by atoms with E-state index in [9.17, 15) is 13.2 Å². The Morgan fingerprint density at radius 3 is 2.36 bits per heavy atom. The molecule has 0 saturated heterocycles. The maximum atomic E-state index is 13.0. The number of nitrogens with one attached hydrogen (secondary N) is 1. The minimum absolute atomic E-state index is 0.245. The maximum absolute atomic E-state index is 13.0. The standard InChI is InChI=1S/C22H16F3N3/c1-14-10-11-19-18(12-14)20(15-6-3-2-4-7-15)28-21(27-19)26-17-9-5-8-16(13-17)22(23,24)25/h2-13H,1H3,(H,26,27,28). The molecule has 3 aromatic carbocycles. The first-order chi connectivity index (χ1) is 13.4. The van der Waals surface area contributed by atoms with Crippen LogP contribution in [0.3, 0.4) is 0 Å². The summed E-state index contributed by atoms with van der Waals surface area (Å²) in [7, 11) is 0. The van der Waals surface area contributed by atoms with E-state index in [0.717, 1.165) is 34.3 Å². The number of hydrogen-bond acceptors (Lipinski definition) is 3. The lowest BCUT2D eigenvalue weighted by atomic mass is 10.0. The van der Waals surface area contributed by atoms with Gasteiger partial charge in [0.25, 0.3) is 0 Å². The molecule has 28 heavy (non-hydrogen) atoms. The van der Waals surface area contributed by atoms with E-state index in [4.69, 9.17) is 0 Å². The fraction of sp³-hybridized carbons (Fsp3) is 0.0909. The van der Waals surface area contributed by atoms with E-state index < -0.39 is 11.7 Å². The van der Waals surface area contributed by atoms with Crippen molar-refractivity contribution in [3.63, 3.8) is 0 Å². The van der Waals surface area contributed by atoms with Gasteiger partial charge < -0.3 is 5.32 Å². The molecule has 0 fully saturated rings. The molecule has 1 aromatic heterocycles. The fourth-order valence-electron chi connectivity index (χ4n) is 3.02. The number of alkyl halides is 3. The Bertz CT molecular complexity index is 1140. The van der Waals surface area contributed by atoms with Gasteiger partial charge >= 0.3 is 6.18 Å². The quantitative estimate of drug-likeness (QED) is 0.450. The fourth-order valence-corrected chi connectivity index (χ4v) is 3.02. The van der Waals surface area contributed by atoms with Crippen LogP contribution in [0.1, 0.15) is 11.1 Å². The molecule has 6 heteroatoms. The molecule has 140 valence electrons. The SMILES string of the molecule is Cc1ccc2nc(Nc3cccc(C(F)(F)F)c3)nc(-c3ccccc3)c2c1. The van der Waals surface area contributed by atoms with Crippen LogP contribution in [0.2, 0.25) is 0 Å². The zero-order chi connectivity index (χ0) is 19.7. The molecule has 1 heterocycles. The summed E-state index contributed by atoms with van der Waals surface area (Å²) in [4.78, 5) is 9.08. The van der Waals surface area contributed by atoms with Gasteiger partial charge in [0.15, 0.2) is 0 Å². The van der Waals surface area contributed by atoms with E-state index in [2.05, 4.69) is 15.3 Å². The Morgan fingerprint density at radius 1 is 0.821 bits per heavy atom. The Morgan fingerprint density at radius 2 is 1.61 bits per heavy atom. The molecule has 4 rings (SSSR count). The van der Waals surface area contributed by atoms with E-state index in [1.807, 2.05) is 55.5 Å². The van der Waals surface area contributed by atoms with Crippen LogP contribution in [0, 0.1) is 6.92 Å². The summed E-state index contributed by atoms with van der Waals surface area (Å²) in [5, 5.41) is 3.80. The Balaban J connectivity index is 1.82. The number of fused-ring (bicyclic) bond motifs is 1. The van der Waals surface area contributed by atoms with Crippen LogP contribution in [0.25, 0.3) is 22.2 Å². The number of halogens is 3. The molecule has 0 bridgehead atoms. The molecular weight excluding hydrogens is 363 g/mol. The van der Waals surface area contributed by atoms with Gasteiger partial charge in [-0.2, -0.15) is 13.2 Å². The zero-order valence-electron chi connectivity index (χ0n) is 15.0. The second-order valence-corrected chi connectivity index (χ2v) is 6.49. The van der Waals surface area contributed by atoms with Gasteiger partial charge in [-0.05, 0) is 37.3 Å². The third kappa shape index (κ3) is 3.67. The maximum Gasteiger partial charge on any atom is 0.416 e. The van der Waals surface area contributed by atoms with Gasteiger partial charge in [-0.15, -0.1) is 0 Å². The van der Waals surface area contributed by atoms with Crippen molar-refractivity contribution in [1.29, 1.82) is 0 Å². The minimum Gasteiger partial charge on any atom is -0.324 e. The van der Waals surface area contributed by atoms with E-state index in [1.165, 1.54) is 6.07 Å². The van der Waals surface area contributed by atoms with Crippen LogP contribution in [0.15, 0.2) is 72.8 Å². The number of rotatable bonds is 3. The first kappa shape index (κ1) is 18.0. The zero-order valence-corrected chi connectivity index (χ0v) is 15.0. The van der Waals surface area contributed by atoms with Gasteiger partial charge in [-0.3, -0.25) is 0 Å². The van der Waals surface area contributed by atoms with Crippen molar-refractivity contribution < 1.29 is 13.2 Å². The van der Waals surface area contributed by atoms with Crippen molar-refractivity contribution in [3.8, 4) is 11.3 Å². The van der Waals surface area contributed by atoms with Crippen molar-refractivity contribution in [2.24, 2.45) is 0 Å². The molecular formula is C22H16F3N3. The summed E-state index contributed by atoms with van der Waals surface area (Å²) in [6.45, 7) is 1.99. The molecule has 0 aliphatic rings. The predicted octanol–water partition coefficient (Wildman–Crippen LogP) is 6.37. The van der Waals surface area contributed by atoms with Gasteiger partial charge in [-0.25, -0.2) is 9.97 Å². The highest BCUT2D eigenvalue weighted by Gasteiger charge is 2.30. The first-order valence-electron chi connectivity index (χ1n) is 8.68. The number of aromatic nitrogens is 2. The molecule has 0 aliphatic carbocycles. The first-order valence-corrected chi connectivity index (χ1v) is 8.68. The molecule has 0 saturated carbocycles. The topological polar surface area (TPSA) is 37.8 Å². The summed E-state index contributed by atoms with van der Waals surface area (Å²) in [6.07, 6.45) is -4.41. The normalized spacial score (nSPS) is 11.6. The monoisotopic (exact) mass is 379 g/mol. The smallest absolute Gasteiger partial charge is 0.324 e. The van der Waals surface area contributed by atoms with E-state index in [0.29, 0.717) is 5.52 Å². The highest BCUT2D eigenvalue weighted by molar-refractivity contribution is 5.93. The molecule has 0 spiro atoms. The lowest BCUT2D eigenvalue weighted by Crippen LogP contribution is -2.06. The van der Waals surface area contributed by atoms with E-state index in [-0.39, 0.29) is 11.6 Å². The van der Waals surface area contributed by atoms with Crippen molar-refractivity contribution >= 4 is 22.5 Å². The van der Waals surface area contributed by atoms with Gasteiger partial charge in [0.1, 0.15) is 0 Å². The second-order valence-electron chi connectivity index (χ2n) is 6.49. The average Bonchev–Trinajstić information content (AvgIpc) is 2.68. The van der Waals surface area contributed by atoms with Crippen LogP contribution in [0.5, 0.6) is 0 Å². The summed E-state index contributed by atoms with van der Waals surface area (Å²) in [5.41, 5.74) is 2.98. The Kier molecular flexibility index (Phi) is 4.47. The summed E-state index contributed by atoms with van der Waals surface area (Å²) >= 11 is 0. The van der Waals surface area contributed by atoms with Gasteiger partial charge in [0, 0.05) is 16.6 Å². The van der Waals surface area contributed by atoms with E-state index in [1.54, 1.807) is 6.07 Å². The van der Waals surface area contributed by atoms with Crippen LogP contribution in [0.4, 0.5) is 24.8 Å². The molecule has 4 aromatic rings. The molecule has 0 atom stereocenters. The summed E-state index contributed by atoms with van der Waals surface area (Å²) < 4.78 is 38.9. The molecule has 0 unspecified atom stereocenters. The molecule has 1 N–H and O–H groups in total. The van der Waals surface area contributed by atoms with Crippen LogP contribution in [-0.4, -0.2) is 9.97 Å². The van der Waals surface area contributed by atoms with Crippen molar-refractivity contribution in [1.82, 2.24) is 9.97 Å². The van der Waals surface area contributed by atoms with Crippen molar-refractivity contribution in [2.45, 2.75) is 13.1 Å². The van der Waals surface area contributed by atoms with Crippen molar-refractivity contribution in [2.75, 3.05) is 5.32 Å². The van der Waals surface area contributed by atoms with Gasteiger partial charge in [0.2, 0.25) is 5.95 Å². The highest BCUT2D eigenvalue weighted by atomic mass is 19.4. The Hall–Kier alpha value is -3.41. The molecule has 3 nitrogen and oxygen atoms in total. The van der Waals surface area contributed by atoms with Crippen LogP contribution >= 0.6 is 0 Å². The average molecular weight is 379 g/mol. The van der Waals surface area contributed by atoms with Gasteiger partial charge in [-0.1, -0.05) is 48.0 Å². The van der Waals surface area contributed by atoms with Crippen LogP contribution in [-0.2, 0) is 6.18 Å². The molecule has 0 aliphatic heterocycles. The van der Waals surface area contributed by atoms with Crippen LogP contribution < -0.4 is 5.32 Å². The lowest BCUT2D eigenvalue weighted by Gasteiger charge is -2.12. The summed E-state index contributed by atoms with van der Waals surface area (Å²) in [5.74, 6) is 0.245. The number of hydrogen-bond donors (Lipinski definition) is 1. The van der Waals surface area contributed by atoms with Gasteiger partial charge in [0.05, 0.1) is 16.8 Å². The van der Waals surface area contributed by atoms with E-state index >= 15 is 0 Å². The Labute approximate surface area is 159 Å². The third-order valence-corrected chi connectivity index (χ3v) is 4.34. The number of aryl methyl sites for hydroxylation is 1. The largest absolute Gasteiger partial charge is 0.416 e. The molecule has 0 amide bonds. The number of benzene rings is 3. The predicted molar refractivity (Wildman–Crippen MR) is 104 cm³/mol.